The van der Waals surface area contributed by atoms with Crippen molar-refractivity contribution in [3.05, 3.63) is 54.1 Å². The van der Waals surface area contributed by atoms with E-state index in [1.165, 1.54) is 18.5 Å². The average Bonchev–Trinajstić information content (AvgIpc) is 2.70. The van der Waals surface area contributed by atoms with Gasteiger partial charge in [0.25, 0.3) is 0 Å². The lowest BCUT2D eigenvalue weighted by atomic mass is 10.2. The van der Waals surface area contributed by atoms with Crippen molar-refractivity contribution in [2.24, 2.45) is 0 Å². The second kappa shape index (κ2) is 9.92. The van der Waals surface area contributed by atoms with Crippen molar-refractivity contribution in [1.29, 1.82) is 0 Å². The second-order valence-corrected chi connectivity index (χ2v) is 8.13. The highest BCUT2D eigenvalue weighted by atomic mass is 32.2. The number of anilines is 2. The highest BCUT2D eigenvalue weighted by molar-refractivity contribution is 7.92. The van der Waals surface area contributed by atoms with E-state index in [0.717, 1.165) is 6.26 Å². The van der Waals surface area contributed by atoms with Crippen LogP contribution in [0.1, 0.15) is 23.2 Å². The first-order chi connectivity index (χ1) is 13.8. The molecule has 0 fully saturated rings. The van der Waals surface area contributed by atoms with E-state index in [4.69, 9.17) is 4.74 Å². The van der Waals surface area contributed by atoms with Crippen molar-refractivity contribution in [3.63, 3.8) is 0 Å². The lowest BCUT2D eigenvalue weighted by Gasteiger charge is -2.24. The van der Waals surface area contributed by atoms with Gasteiger partial charge in [-0.3, -0.25) is 9.10 Å². The molecule has 0 atom stereocenters. The molecule has 9 heteroatoms. The topological polar surface area (TPSA) is 102 Å². The molecule has 0 bridgehead atoms. The monoisotopic (exact) mass is 420 g/mol. The number of rotatable bonds is 9. The van der Waals surface area contributed by atoms with Crippen LogP contribution in [0.2, 0.25) is 0 Å². The Bertz CT molecular complexity index is 957. The number of carbonyl (C=O) groups is 2. The van der Waals surface area contributed by atoms with Gasteiger partial charge in [0.05, 0.1) is 31.7 Å². The third-order valence-corrected chi connectivity index (χ3v) is 5.29. The van der Waals surface area contributed by atoms with Crippen LogP contribution in [-0.4, -0.2) is 47.3 Å². The Kier molecular flexibility index (Phi) is 7.60. The summed E-state index contributed by atoms with van der Waals surface area (Å²) in [5, 5.41) is 2.72. The Labute approximate surface area is 170 Å². The van der Waals surface area contributed by atoms with Crippen LogP contribution in [-0.2, 0) is 19.6 Å². The Morgan fingerprint density at radius 2 is 1.69 bits per heavy atom. The number of carbonyl (C=O) groups excluding carboxylic acids is 2. The molecule has 2 rings (SSSR count). The first-order valence-corrected chi connectivity index (χ1v) is 10.7. The van der Waals surface area contributed by atoms with Gasteiger partial charge in [-0.2, -0.15) is 0 Å². The van der Waals surface area contributed by atoms with Gasteiger partial charge in [0.1, 0.15) is 5.75 Å². The van der Waals surface area contributed by atoms with Crippen LogP contribution in [0.4, 0.5) is 11.4 Å². The van der Waals surface area contributed by atoms with Crippen molar-refractivity contribution >= 4 is 33.3 Å². The number of nitrogens with zero attached hydrogens (tertiary/aromatic N) is 1. The molecule has 0 heterocycles. The minimum absolute atomic E-state index is 0.125. The molecule has 0 saturated heterocycles. The molecule has 0 radical (unpaired) electrons. The molecule has 29 heavy (non-hydrogen) atoms. The Hall–Kier alpha value is -3.07. The van der Waals surface area contributed by atoms with Crippen LogP contribution in [0.25, 0.3) is 0 Å². The molecule has 2 aromatic carbocycles. The number of sulfonamides is 1. The zero-order valence-electron chi connectivity index (χ0n) is 16.5. The summed E-state index contributed by atoms with van der Waals surface area (Å²) in [6.07, 6.45) is 1.56. The fourth-order valence-corrected chi connectivity index (χ4v) is 3.68. The predicted molar refractivity (Wildman–Crippen MR) is 111 cm³/mol. The number of para-hydroxylation sites is 2. The van der Waals surface area contributed by atoms with Gasteiger partial charge in [0.15, 0.2) is 0 Å². The van der Waals surface area contributed by atoms with Gasteiger partial charge in [-0.1, -0.05) is 12.1 Å². The van der Waals surface area contributed by atoms with Crippen molar-refractivity contribution in [2.75, 3.05) is 36.6 Å². The highest BCUT2D eigenvalue weighted by Gasteiger charge is 2.20. The SMILES string of the molecule is COC(=O)c1ccc(NC(=O)CCCN(c2ccccc2OC)S(C)(=O)=O)cc1. The minimum atomic E-state index is -3.55. The normalized spacial score (nSPS) is 10.9. The van der Waals surface area contributed by atoms with Gasteiger partial charge in [-0.05, 0) is 42.8 Å². The van der Waals surface area contributed by atoms with Crippen molar-refractivity contribution in [2.45, 2.75) is 12.8 Å². The summed E-state index contributed by atoms with van der Waals surface area (Å²) < 4.78 is 35.5. The maximum absolute atomic E-state index is 12.2. The predicted octanol–water partition coefficient (Wildman–Crippen LogP) is 2.67. The third-order valence-electron chi connectivity index (χ3n) is 4.11. The summed E-state index contributed by atoms with van der Waals surface area (Å²) in [5.41, 5.74) is 1.34. The van der Waals surface area contributed by atoms with Crippen molar-refractivity contribution in [1.82, 2.24) is 0 Å². The van der Waals surface area contributed by atoms with Crippen LogP contribution in [0.15, 0.2) is 48.5 Å². The molecule has 0 aliphatic carbocycles. The molecule has 1 N–H and O–H groups in total. The molecule has 156 valence electrons. The number of ether oxygens (including phenoxy) is 2. The molecule has 0 aromatic heterocycles. The fraction of sp³-hybridized carbons (Fsp3) is 0.300. The number of benzene rings is 2. The highest BCUT2D eigenvalue weighted by Crippen LogP contribution is 2.29. The fourth-order valence-electron chi connectivity index (χ4n) is 2.71. The number of esters is 1. The van der Waals surface area contributed by atoms with Crippen LogP contribution in [0, 0.1) is 0 Å². The van der Waals surface area contributed by atoms with Gasteiger partial charge in [0, 0.05) is 18.7 Å². The summed E-state index contributed by atoms with van der Waals surface area (Å²) >= 11 is 0. The number of hydrogen-bond donors (Lipinski definition) is 1. The van der Waals surface area contributed by atoms with Crippen LogP contribution < -0.4 is 14.4 Å². The number of amides is 1. The van der Waals surface area contributed by atoms with E-state index in [2.05, 4.69) is 10.1 Å². The molecule has 2 aromatic rings. The molecule has 0 saturated carbocycles. The van der Waals surface area contributed by atoms with Gasteiger partial charge in [-0.25, -0.2) is 13.2 Å². The molecule has 8 nitrogen and oxygen atoms in total. The molecule has 0 aliphatic heterocycles. The summed E-state index contributed by atoms with van der Waals surface area (Å²) in [7, 11) is -0.780. The first-order valence-electron chi connectivity index (χ1n) is 8.85. The van der Waals surface area contributed by atoms with Gasteiger partial charge in [-0.15, -0.1) is 0 Å². The molecule has 0 aliphatic rings. The van der Waals surface area contributed by atoms with Crippen LogP contribution in [0.3, 0.4) is 0 Å². The zero-order valence-corrected chi connectivity index (χ0v) is 17.4. The van der Waals surface area contributed by atoms with Gasteiger partial charge < -0.3 is 14.8 Å². The maximum Gasteiger partial charge on any atom is 0.337 e. The Morgan fingerprint density at radius 3 is 2.28 bits per heavy atom. The standard InChI is InChI=1S/C20H24N2O6S/c1-27-18-8-5-4-7-17(18)22(29(3,25)26)14-6-9-19(23)21-16-12-10-15(11-13-16)20(24)28-2/h4-5,7-8,10-13H,6,9,14H2,1-3H3,(H,21,23). The minimum Gasteiger partial charge on any atom is -0.495 e. The summed E-state index contributed by atoms with van der Waals surface area (Å²) in [5.74, 6) is -0.280. The number of hydrogen-bond acceptors (Lipinski definition) is 6. The zero-order chi connectivity index (χ0) is 21.4. The lowest BCUT2D eigenvalue weighted by Crippen LogP contribution is -2.31. The third kappa shape index (κ3) is 6.21. The smallest absolute Gasteiger partial charge is 0.337 e. The number of methoxy groups -OCH3 is 2. The lowest BCUT2D eigenvalue weighted by molar-refractivity contribution is -0.116. The van der Waals surface area contributed by atoms with Crippen LogP contribution >= 0.6 is 0 Å². The summed E-state index contributed by atoms with van der Waals surface area (Å²) in [4.78, 5) is 23.6. The largest absolute Gasteiger partial charge is 0.495 e. The van der Waals surface area contributed by atoms with Crippen molar-refractivity contribution < 1.29 is 27.5 Å². The Morgan fingerprint density at radius 1 is 1.03 bits per heavy atom. The van der Waals surface area contributed by atoms with Crippen molar-refractivity contribution in [3.8, 4) is 5.75 Å². The van der Waals surface area contributed by atoms with E-state index in [1.54, 1.807) is 48.5 Å². The van der Waals surface area contributed by atoms with E-state index < -0.39 is 16.0 Å². The molecule has 0 spiro atoms. The van der Waals surface area contributed by atoms with Gasteiger partial charge >= 0.3 is 5.97 Å². The van der Waals surface area contributed by atoms with E-state index in [1.807, 2.05) is 0 Å². The van der Waals surface area contributed by atoms with E-state index >= 15 is 0 Å². The average molecular weight is 420 g/mol. The van der Waals surface area contributed by atoms with Crippen LogP contribution in [0.5, 0.6) is 5.75 Å². The Balaban J connectivity index is 1.97. The van der Waals surface area contributed by atoms with Gasteiger partial charge in [0.2, 0.25) is 15.9 Å². The molecular formula is C20H24N2O6S. The maximum atomic E-state index is 12.2. The molecular weight excluding hydrogens is 396 g/mol. The second-order valence-electron chi connectivity index (χ2n) is 6.23. The molecule has 1 amide bonds. The summed E-state index contributed by atoms with van der Waals surface area (Å²) in [6.45, 7) is 0.133. The van der Waals surface area contributed by atoms with E-state index in [-0.39, 0.29) is 18.9 Å². The van der Waals surface area contributed by atoms with E-state index in [9.17, 15) is 18.0 Å². The number of nitrogens with one attached hydrogen (secondary N) is 1. The first kappa shape index (κ1) is 22.2. The molecule has 0 unspecified atom stereocenters. The van der Waals surface area contributed by atoms with E-state index in [0.29, 0.717) is 29.1 Å². The quantitative estimate of drug-likeness (QED) is 0.626. The summed E-state index contributed by atoms with van der Waals surface area (Å²) in [6, 6.07) is 13.1.